The third kappa shape index (κ3) is 4.78. The molecular formula is C22H24N6O2. The van der Waals surface area contributed by atoms with E-state index in [0.717, 1.165) is 38.7 Å². The Morgan fingerprint density at radius 3 is 2.63 bits per heavy atom. The first-order chi connectivity index (χ1) is 14.4. The zero-order valence-electron chi connectivity index (χ0n) is 17.4. The number of nitrogens with one attached hydrogen (secondary N) is 2. The van der Waals surface area contributed by atoms with Crippen LogP contribution in [0.2, 0.25) is 0 Å². The third-order valence-electron chi connectivity index (χ3n) is 4.66. The summed E-state index contributed by atoms with van der Waals surface area (Å²) >= 11 is 0. The summed E-state index contributed by atoms with van der Waals surface area (Å²) in [6.07, 6.45) is 1.75. The van der Waals surface area contributed by atoms with Gasteiger partial charge in [0.15, 0.2) is 0 Å². The van der Waals surface area contributed by atoms with E-state index in [4.69, 9.17) is 10.3 Å². The average Bonchev–Trinajstić information content (AvgIpc) is 2.73. The minimum absolute atomic E-state index is 0.236. The molecule has 2 heterocycles. The minimum Gasteiger partial charge on any atom is -0.473 e. The summed E-state index contributed by atoms with van der Waals surface area (Å²) in [5.41, 5.74) is 13.0. The number of benzene rings is 1. The van der Waals surface area contributed by atoms with Gasteiger partial charge in [-0.25, -0.2) is 9.78 Å². The Labute approximate surface area is 175 Å². The van der Waals surface area contributed by atoms with Crippen LogP contribution >= 0.6 is 0 Å². The Kier molecular flexibility index (Phi) is 6.36. The van der Waals surface area contributed by atoms with E-state index in [-0.39, 0.29) is 6.61 Å². The van der Waals surface area contributed by atoms with Crippen molar-refractivity contribution in [1.29, 1.82) is 5.53 Å². The molecule has 8 nitrogen and oxygen atoms in total. The summed E-state index contributed by atoms with van der Waals surface area (Å²) in [7, 11) is 1.41. The van der Waals surface area contributed by atoms with Gasteiger partial charge in [-0.05, 0) is 50.6 Å². The Morgan fingerprint density at radius 1 is 1.17 bits per heavy atom. The highest BCUT2D eigenvalue weighted by Crippen LogP contribution is 2.26. The first kappa shape index (κ1) is 20.9. The molecule has 3 aromatic rings. The van der Waals surface area contributed by atoms with Gasteiger partial charge in [0.05, 0.1) is 5.69 Å². The highest BCUT2D eigenvalue weighted by Gasteiger charge is 2.14. The van der Waals surface area contributed by atoms with Crippen LogP contribution in [0.3, 0.4) is 0 Å². The molecule has 0 saturated carbocycles. The number of hydrogen-bond acceptors (Lipinski definition) is 6. The molecule has 2 N–H and O–H groups in total. The molecule has 0 aliphatic heterocycles. The molecule has 30 heavy (non-hydrogen) atoms. The van der Waals surface area contributed by atoms with Gasteiger partial charge in [0.1, 0.15) is 6.61 Å². The normalized spacial score (nSPS) is 10.4. The maximum atomic E-state index is 12.1. The number of amides is 2. The highest BCUT2D eigenvalue weighted by atomic mass is 16.5. The predicted molar refractivity (Wildman–Crippen MR) is 114 cm³/mol. The van der Waals surface area contributed by atoms with Gasteiger partial charge in [-0.2, -0.15) is 10.5 Å². The van der Waals surface area contributed by atoms with Gasteiger partial charge in [-0.1, -0.05) is 23.4 Å². The Hall–Kier alpha value is -3.81. The monoisotopic (exact) mass is 404 g/mol. The molecule has 3 rings (SSSR count). The number of urea groups is 1. The van der Waals surface area contributed by atoms with E-state index in [2.05, 4.69) is 20.5 Å². The molecule has 154 valence electrons. The molecule has 0 spiro atoms. The lowest BCUT2D eigenvalue weighted by Gasteiger charge is -2.17. The zero-order valence-corrected chi connectivity index (χ0v) is 17.4. The van der Waals surface area contributed by atoms with Crippen LogP contribution in [0.5, 0.6) is 5.88 Å². The highest BCUT2D eigenvalue weighted by molar-refractivity contribution is 5.89. The predicted octanol–water partition coefficient (Wildman–Crippen LogP) is 5.06. The van der Waals surface area contributed by atoms with Crippen molar-refractivity contribution in [1.82, 2.24) is 15.0 Å². The molecular weight excluding hydrogens is 380 g/mol. The fourth-order valence-electron chi connectivity index (χ4n) is 2.95. The van der Waals surface area contributed by atoms with Crippen molar-refractivity contribution in [2.75, 3.05) is 12.4 Å². The fraction of sp³-hybridized carbons (Fsp3) is 0.227. The molecule has 0 aliphatic rings. The molecule has 0 fully saturated rings. The lowest BCUT2D eigenvalue weighted by molar-refractivity contribution is 0.220. The number of aryl methyl sites for hydroxylation is 3. The summed E-state index contributed by atoms with van der Waals surface area (Å²) in [6, 6.07) is 12.9. The van der Waals surface area contributed by atoms with Crippen molar-refractivity contribution in [2.24, 2.45) is 5.22 Å². The van der Waals surface area contributed by atoms with Crippen LogP contribution in [0.4, 0.5) is 10.5 Å². The van der Waals surface area contributed by atoms with E-state index in [1.165, 1.54) is 7.05 Å². The number of carbonyl (C=O) groups excluding carboxylic acids is 1. The van der Waals surface area contributed by atoms with Crippen molar-refractivity contribution in [3.8, 4) is 17.1 Å². The van der Waals surface area contributed by atoms with E-state index >= 15 is 0 Å². The number of rotatable bonds is 6. The molecule has 0 unspecified atom stereocenters. The molecule has 0 aliphatic carbocycles. The second-order valence-electron chi connectivity index (χ2n) is 6.95. The number of hydrogen-bond donors (Lipinski definition) is 2. The molecule has 8 heteroatoms. The van der Waals surface area contributed by atoms with Gasteiger partial charge in [-0.15, -0.1) is 0 Å². The van der Waals surface area contributed by atoms with E-state index in [1.807, 2.05) is 57.2 Å². The topological polar surface area (TPSA) is 104 Å². The van der Waals surface area contributed by atoms with Crippen LogP contribution in [-0.2, 0) is 6.61 Å². The van der Waals surface area contributed by atoms with E-state index in [0.29, 0.717) is 11.6 Å². The number of anilines is 1. The van der Waals surface area contributed by atoms with Gasteiger partial charge in [0, 0.05) is 41.3 Å². The number of ether oxygens (including phenoxy) is 1. The van der Waals surface area contributed by atoms with Gasteiger partial charge in [0.2, 0.25) is 5.88 Å². The third-order valence-corrected chi connectivity index (χ3v) is 4.66. The first-order valence-corrected chi connectivity index (χ1v) is 9.43. The minimum atomic E-state index is -0.499. The standard InChI is InChI=1S/C22H24N6O2/c1-14-7-5-10-20(26-22(29)28(4)27-23)18(14)13-30-21-15(2)11-17(12-24-21)19-9-6-8-16(3)25-19/h5-12,23H,13H2,1-4H3,(H,26,29). The maximum absolute atomic E-state index is 12.1. The van der Waals surface area contributed by atoms with Gasteiger partial charge in [0.25, 0.3) is 0 Å². The smallest absolute Gasteiger partial charge is 0.343 e. The Bertz CT molecular complexity index is 1080. The van der Waals surface area contributed by atoms with Crippen LogP contribution < -0.4 is 10.1 Å². The lowest BCUT2D eigenvalue weighted by atomic mass is 10.1. The fourth-order valence-corrected chi connectivity index (χ4v) is 2.95. The summed E-state index contributed by atoms with van der Waals surface area (Å²) in [4.78, 5) is 21.1. The van der Waals surface area contributed by atoms with E-state index in [9.17, 15) is 4.79 Å². The van der Waals surface area contributed by atoms with Gasteiger partial charge < -0.3 is 10.1 Å². The number of aromatic nitrogens is 2. The largest absolute Gasteiger partial charge is 0.473 e. The van der Waals surface area contributed by atoms with Crippen LogP contribution in [0.15, 0.2) is 53.9 Å². The van der Waals surface area contributed by atoms with Crippen molar-refractivity contribution in [2.45, 2.75) is 27.4 Å². The van der Waals surface area contributed by atoms with E-state index < -0.39 is 6.03 Å². The molecule has 0 radical (unpaired) electrons. The quantitative estimate of drug-likeness (QED) is 0.443. The molecule has 0 saturated heterocycles. The first-order valence-electron chi connectivity index (χ1n) is 9.43. The molecule has 1 aromatic carbocycles. The molecule has 0 bridgehead atoms. The van der Waals surface area contributed by atoms with Gasteiger partial charge >= 0.3 is 6.03 Å². The molecule has 2 aromatic heterocycles. The van der Waals surface area contributed by atoms with Crippen molar-refractivity contribution in [3.63, 3.8) is 0 Å². The van der Waals surface area contributed by atoms with Crippen LogP contribution in [0, 0.1) is 26.3 Å². The number of carbonyl (C=O) groups is 1. The summed E-state index contributed by atoms with van der Waals surface area (Å²) in [6.45, 7) is 6.07. The summed E-state index contributed by atoms with van der Waals surface area (Å²) in [5.74, 6) is 0.519. The van der Waals surface area contributed by atoms with Crippen molar-refractivity contribution >= 4 is 11.7 Å². The summed E-state index contributed by atoms with van der Waals surface area (Å²) in [5, 5.41) is 6.77. The maximum Gasteiger partial charge on any atom is 0.343 e. The Balaban J connectivity index is 1.79. The van der Waals surface area contributed by atoms with E-state index in [1.54, 1.807) is 12.3 Å². The van der Waals surface area contributed by atoms with Gasteiger partial charge in [-0.3, -0.25) is 4.98 Å². The number of nitrogens with zero attached hydrogens (tertiary/aromatic N) is 4. The lowest BCUT2D eigenvalue weighted by Crippen LogP contribution is -2.27. The molecule has 2 amide bonds. The van der Waals surface area contributed by atoms with Crippen molar-refractivity contribution < 1.29 is 9.53 Å². The number of pyridine rings is 2. The second kappa shape index (κ2) is 9.13. The van der Waals surface area contributed by atoms with Crippen LogP contribution in [0.25, 0.3) is 11.3 Å². The average molecular weight is 404 g/mol. The Morgan fingerprint density at radius 2 is 1.93 bits per heavy atom. The zero-order chi connectivity index (χ0) is 21.7. The second-order valence-corrected chi connectivity index (χ2v) is 6.95. The summed E-state index contributed by atoms with van der Waals surface area (Å²) < 4.78 is 5.97. The SMILES string of the molecule is Cc1cccc(-c2cnc(OCc3c(C)cccc3NC(=O)N(C)N=N)c(C)c2)n1. The van der Waals surface area contributed by atoms with Crippen LogP contribution in [0.1, 0.15) is 22.4 Å². The van der Waals surface area contributed by atoms with Crippen molar-refractivity contribution in [3.05, 3.63) is 71.0 Å². The van der Waals surface area contributed by atoms with Crippen LogP contribution in [-0.4, -0.2) is 28.1 Å². The molecule has 0 atom stereocenters.